The molecule has 4 N–H and O–H groups in total. The largest absolute Gasteiger partial charge is 0.506 e. The van der Waals surface area contributed by atoms with Gasteiger partial charge < -0.3 is 15.6 Å². The average molecular weight is 266 g/mol. The van der Waals surface area contributed by atoms with Crippen LogP contribution in [0.5, 0.6) is 5.75 Å². The van der Waals surface area contributed by atoms with Crippen LogP contribution in [0.2, 0.25) is 0 Å². The molecule has 5 nitrogen and oxygen atoms in total. The number of hydrogen-bond acceptors (Lipinski definition) is 4. The van der Waals surface area contributed by atoms with Crippen LogP contribution in [0.25, 0.3) is 0 Å². The summed E-state index contributed by atoms with van der Waals surface area (Å²) in [6, 6.07) is 5.02. The van der Waals surface area contributed by atoms with Crippen LogP contribution in [0.1, 0.15) is 33.3 Å². The number of phenolic OH excluding ortho intramolecular Hbond substituents is 1. The molecule has 0 aliphatic heterocycles. The molecule has 1 rings (SSSR count). The van der Waals surface area contributed by atoms with E-state index in [1.54, 1.807) is 32.9 Å². The van der Waals surface area contributed by atoms with Crippen LogP contribution in [-0.2, 0) is 11.2 Å². The molecule has 0 radical (unpaired) electrons. The van der Waals surface area contributed by atoms with Crippen molar-refractivity contribution in [3.63, 3.8) is 0 Å². The second kappa shape index (κ2) is 5.93. The van der Waals surface area contributed by atoms with Crippen LogP contribution >= 0.6 is 0 Å². The first-order valence-corrected chi connectivity index (χ1v) is 6.25. The number of phenols is 1. The molecule has 0 aliphatic rings. The third-order valence-corrected chi connectivity index (χ3v) is 2.25. The van der Waals surface area contributed by atoms with Crippen molar-refractivity contribution >= 4 is 11.8 Å². The molecule has 0 bridgehead atoms. The molecule has 0 spiro atoms. The summed E-state index contributed by atoms with van der Waals surface area (Å²) in [4.78, 5) is 11.6. The van der Waals surface area contributed by atoms with E-state index in [4.69, 9.17) is 10.5 Å². The normalized spacial score (nSPS) is 12.9. The Balaban J connectivity index is 2.79. The van der Waals surface area contributed by atoms with Crippen LogP contribution in [0, 0.1) is 0 Å². The summed E-state index contributed by atoms with van der Waals surface area (Å²) in [6.45, 7) is 7.23. The predicted molar refractivity (Wildman–Crippen MR) is 75.3 cm³/mol. The average Bonchev–Trinajstić information content (AvgIpc) is 2.19. The number of anilines is 1. The molecule has 19 heavy (non-hydrogen) atoms. The van der Waals surface area contributed by atoms with Gasteiger partial charge in [0.25, 0.3) is 0 Å². The molecule has 0 saturated heterocycles. The van der Waals surface area contributed by atoms with Crippen LogP contribution in [0.3, 0.4) is 0 Å². The van der Waals surface area contributed by atoms with Gasteiger partial charge >= 0.3 is 6.09 Å². The molecule has 1 atom stereocenters. The second-order valence-corrected chi connectivity index (χ2v) is 5.66. The minimum Gasteiger partial charge on any atom is -0.506 e. The monoisotopic (exact) mass is 266 g/mol. The molecular formula is C14H22N2O3. The number of carbonyl (C=O) groups is 1. The molecule has 0 aliphatic carbocycles. The Morgan fingerprint density at radius 2 is 2.11 bits per heavy atom. The highest BCUT2D eigenvalue weighted by Crippen LogP contribution is 2.25. The summed E-state index contributed by atoms with van der Waals surface area (Å²) in [5, 5.41) is 12.2. The van der Waals surface area contributed by atoms with Crippen LogP contribution in [0.4, 0.5) is 10.5 Å². The van der Waals surface area contributed by atoms with Crippen molar-refractivity contribution in [2.24, 2.45) is 5.73 Å². The molecular weight excluding hydrogens is 244 g/mol. The van der Waals surface area contributed by atoms with Crippen LogP contribution in [-0.4, -0.2) is 22.8 Å². The van der Waals surface area contributed by atoms with Crippen molar-refractivity contribution in [1.82, 2.24) is 0 Å². The fourth-order valence-electron chi connectivity index (χ4n) is 1.60. The third kappa shape index (κ3) is 5.61. The molecule has 0 heterocycles. The maximum atomic E-state index is 11.6. The maximum absolute atomic E-state index is 11.6. The maximum Gasteiger partial charge on any atom is 0.412 e. The summed E-state index contributed by atoms with van der Waals surface area (Å²) >= 11 is 0. The van der Waals surface area contributed by atoms with E-state index in [2.05, 4.69) is 5.32 Å². The number of hydrogen-bond donors (Lipinski definition) is 3. The highest BCUT2D eigenvalue weighted by Gasteiger charge is 2.17. The molecule has 5 heteroatoms. The number of nitrogens with two attached hydrogens (primary N) is 1. The molecule has 0 fully saturated rings. The zero-order valence-electron chi connectivity index (χ0n) is 11.9. The Labute approximate surface area is 113 Å². The summed E-state index contributed by atoms with van der Waals surface area (Å²) in [7, 11) is 0. The molecule has 106 valence electrons. The zero-order valence-corrected chi connectivity index (χ0v) is 11.9. The van der Waals surface area contributed by atoms with Crippen molar-refractivity contribution < 1.29 is 14.6 Å². The van der Waals surface area contributed by atoms with E-state index in [1.807, 2.05) is 6.92 Å². The first kappa shape index (κ1) is 15.3. The molecule has 0 saturated carbocycles. The zero-order chi connectivity index (χ0) is 14.6. The van der Waals surface area contributed by atoms with E-state index in [-0.39, 0.29) is 11.8 Å². The van der Waals surface area contributed by atoms with Gasteiger partial charge in [-0.2, -0.15) is 0 Å². The number of nitrogens with one attached hydrogen (secondary N) is 1. The van der Waals surface area contributed by atoms with Gasteiger partial charge in [0.05, 0.1) is 5.69 Å². The summed E-state index contributed by atoms with van der Waals surface area (Å²) in [6.07, 6.45) is 0.0734. The van der Waals surface area contributed by atoms with Gasteiger partial charge in [-0.15, -0.1) is 0 Å². The van der Waals surface area contributed by atoms with Gasteiger partial charge in [0.15, 0.2) is 0 Å². The Hall–Kier alpha value is -1.75. The van der Waals surface area contributed by atoms with Crippen molar-refractivity contribution in [2.75, 3.05) is 5.32 Å². The number of ether oxygens (including phenoxy) is 1. The third-order valence-electron chi connectivity index (χ3n) is 2.25. The lowest BCUT2D eigenvalue weighted by Crippen LogP contribution is -2.27. The van der Waals surface area contributed by atoms with Gasteiger partial charge in [0.1, 0.15) is 11.4 Å². The minimum atomic E-state index is -0.597. The molecule has 1 aromatic rings. The molecule has 1 amide bonds. The Kier molecular flexibility index (Phi) is 4.78. The van der Waals surface area contributed by atoms with E-state index in [0.29, 0.717) is 12.1 Å². The highest BCUT2D eigenvalue weighted by molar-refractivity contribution is 5.87. The first-order chi connectivity index (χ1) is 8.67. The van der Waals surface area contributed by atoms with E-state index < -0.39 is 11.7 Å². The number of rotatable bonds is 3. The van der Waals surface area contributed by atoms with Crippen molar-refractivity contribution in [3.05, 3.63) is 23.8 Å². The highest BCUT2D eigenvalue weighted by atomic mass is 16.6. The number of amides is 1. The standard InChI is InChI=1S/C14H22N2O3/c1-9(15)7-10-5-6-12(17)11(8-10)16-13(18)19-14(2,3)4/h5-6,8-9,17H,7,15H2,1-4H3,(H,16,18)/t9-/m0/s1. The quantitative estimate of drug-likeness (QED) is 0.734. The minimum absolute atomic E-state index is 0.000663. The van der Waals surface area contributed by atoms with E-state index in [1.165, 1.54) is 6.07 Å². The number of carbonyl (C=O) groups excluding carboxylic acids is 1. The second-order valence-electron chi connectivity index (χ2n) is 5.66. The Morgan fingerprint density at radius 1 is 1.47 bits per heavy atom. The van der Waals surface area contributed by atoms with Gasteiger partial charge in [0.2, 0.25) is 0 Å². The smallest absolute Gasteiger partial charge is 0.412 e. The van der Waals surface area contributed by atoms with Gasteiger partial charge in [-0.25, -0.2) is 4.79 Å². The SMILES string of the molecule is C[C@H](N)Cc1ccc(O)c(NC(=O)OC(C)(C)C)c1. The summed E-state index contributed by atoms with van der Waals surface area (Å²) in [5.74, 6) is -0.000663. The van der Waals surface area contributed by atoms with Crippen molar-refractivity contribution in [2.45, 2.75) is 45.8 Å². The summed E-state index contributed by atoms with van der Waals surface area (Å²) in [5.41, 5.74) is 6.41. The van der Waals surface area contributed by atoms with E-state index >= 15 is 0 Å². The molecule has 1 aromatic carbocycles. The summed E-state index contributed by atoms with van der Waals surface area (Å²) < 4.78 is 5.13. The van der Waals surface area contributed by atoms with Gasteiger partial charge in [-0.05, 0) is 51.8 Å². The van der Waals surface area contributed by atoms with Crippen LogP contribution < -0.4 is 11.1 Å². The predicted octanol–water partition coefficient (Wildman–Crippen LogP) is 2.63. The van der Waals surface area contributed by atoms with Gasteiger partial charge in [-0.1, -0.05) is 6.07 Å². The van der Waals surface area contributed by atoms with Crippen molar-refractivity contribution in [1.29, 1.82) is 0 Å². The van der Waals surface area contributed by atoms with E-state index in [9.17, 15) is 9.90 Å². The molecule has 0 aromatic heterocycles. The van der Waals surface area contributed by atoms with Gasteiger partial charge in [0, 0.05) is 6.04 Å². The first-order valence-electron chi connectivity index (χ1n) is 6.25. The lowest BCUT2D eigenvalue weighted by molar-refractivity contribution is 0.0635. The molecule has 0 unspecified atom stereocenters. The number of aromatic hydroxyl groups is 1. The number of benzene rings is 1. The lowest BCUT2D eigenvalue weighted by atomic mass is 10.1. The topological polar surface area (TPSA) is 84.6 Å². The fourth-order valence-corrected chi connectivity index (χ4v) is 1.60. The van der Waals surface area contributed by atoms with Crippen molar-refractivity contribution in [3.8, 4) is 5.75 Å². The van der Waals surface area contributed by atoms with Crippen LogP contribution in [0.15, 0.2) is 18.2 Å². The van der Waals surface area contributed by atoms with E-state index in [0.717, 1.165) is 5.56 Å². The Bertz CT molecular complexity index is 450. The lowest BCUT2D eigenvalue weighted by Gasteiger charge is -2.20. The fraction of sp³-hybridized carbons (Fsp3) is 0.500. The Morgan fingerprint density at radius 3 is 2.63 bits per heavy atom. The van der Waals surface area contributed by atoms with Gasteiger partial charge in [-0.3, -0.25) is 5.32 Å².